The van der Waals surface area contributed by atoms with Crippen LogP contribution in [-0.2, 0) is 14.3 Å². The molecule has 0 bridgehead atoms. The lowest BCUT2D eigenvalue weighted by Crippen LogP contribution is -2.34. The number of ether oxygens (including phenoxy) is 1. The Bertz CT molecular complexity index is 573. The third kappa shape index (κ3) is 3.34. The van der Waals surface area contributed by atoms with E-state index in [2.05, 4.69) is 5.32 Å². The zero-order valence-corrected chi connectivity index (χ0v) is 11.3. The molecule has 0 aliphatic heterocycles. The molecule has 1 aliphatic carbocycles. The van der Waals surface area contributed by atoms with Crippen LogP contribution in [0.5, 0.6) is 0 Å². The van der Waals surface area contributed by atoms with Crippen LogP contribution in [0, 0.1) is 23.4 Å². The summed E-state index contributed by atoms with van der Waals surface area (Å²) in [6.45, 7) is 1.32. The number of rotatable bonds is 4. The highest BCUT2D eigenvalue weighted by Gasteiger charge is 2.29. The van der Waals surface area contributed by atoms with Crippen molar-refractivity contribution in [1.82, 2.24) is 0 Å². The van der Waals surface area contributed by atoms with E-state index >= 15 is 0 Å². The lowest BCUT2D eigenvalue weighted by Gasteiger charge is -2.24. The van der Waals surface area contributed by atoms with Crippen molar-refractivity contribution in [3.05, 3.63) is 29.6 Å². The van der Waals surface area contributed by atoms with Gasteiger partial charge in [-0.1, -0.05) is 6.42 Å². The van der Waals surface area contributed by atoms with Crippen molar-refractivity contribution in [3.63, 3.8) is 0 Å². The third-order valence-corrected chi connectivity index (χ3v) is 3.39. The van der Waals surface area contributed by atoms with Crippen molar-refractivity contribution in [2.24, 2.45) is 5.92 Å². The molecule has 1 aromatic carbocycles. The van der Waals surface area contributed by atoms with Gasteiger partial charge in [0.05, 0.1) is 11.6 Å². The highest BCUT2D eigenvalue weighted by Crippen LogP contribution is 2.28. The Morgan fingerprint density at radius 1 is 1.24 bits per heavy atom. The van der Waals surface area contributed by atoms with E-state index in [1.807, 2.05) is 0 Å². The molecule has 114 valence electrons. The summed E-state index contributed by atoms with van der Waals surface area (Å²) in [6, 6.07) is 1.59. The number of carbonyl (C=O) groups is 2. The molecular formula is C14H14F3NO3. The van der Waals surface area contributed by atoms with Crippen molar-refractivity contribution in [2.75, 3.05) is 5.32 Å². The van der Waals surface area contributed by atoms with Gasteiger partial charge in [0.2, 0.25) is 0 Å². The Kier molecular flexibility index (Phi) is 4.50. The summed E-state index contributed by atoms with van der Waals surface area (Å²) < 4.78 is 44.1. The molecule has 0 heterocycles. The number of hydrogen-bond donors (Lipinski definition) is 1. The number of amides is 1. The van der Waals surface area contributed by atoms with Crippen LogP contribution >= 0.6 is 0 Å². The van der Waals surface area contributed by atoms with Gasteiger partial charge in [-0.3, -0.25) is 9.59 Å². The van der Waals surface area contributed by atoms with Crippen LogP contribution in [0.1, 0.15) is 26.2 Å². The second-order valence-corrected chi connectivity index (χ2v) is 4.92. The summed E-state index contributed by atoms with van der Waals surface area (Å²) in [7, 11) is 0. The van der Waals surface area contributed by atoms with Crippen LogP contribution in [0.4, 0.5) is 18.9 Å². The summed E-state index contributed by atoms with van der Waals surface area (Å²) in [4.78, 5) is 23.3. The second kappa shape index (κ2) is 6.15. The highest BCUT2D eigenvalue weighted by atomic mass is 19.2. The fourth-order valence-corrected chi connectivity index (χ4v) is 1.82. The Balaban J connectivity index is 1.97. The smallest absolute Gasteiger partial charge is 0.309 e. The fraction of sp³-hybridized carbons (Fsp3) is 0.429. The molecule has 0 radical (unpaired) electrons. The number of hydrogen-bond acceptors (Lipinski definition) is 3. The van der Waals surface area contributed by atoms with E-state index in [4.69, 9.17) is 4.74 Å². The predicted octanol–water partition coefficient (Wildman–Crippen LogP) is 2.77. The number of anilines is 1. The molecule has 0 unspecified atom stereocenters. The monoisotopic (exact) mass is 301 g/mol. The van der Waals surface area contributed by atoms with Gasteiger partial charge in [-0.05, 0) is 31.9 Å². The van der Waals surface area contributed by atoms with E-state index in [1.54, 1.807) is 0 Å². The molecule has 1 N–H and O–H groups in total. The van der Waals surface area contributed by atoms with Gasteiger partial charge < -0.3 is 10.1 Å². The van der Waals surface area contributed by atoms with Gasteiger partial charge in [-0.2, -0.15) is 0 Å². The highest BCUT2D eigenvalue weighted by molar-refractivity contribution is 5.95. The molecule has 1 aliphatic rings. The number of halogens is 3. The summed E-state index contributed by atoms with van der Waals surface area (Å²) in [6.07, 6.45) is 1.25. The molecule has 1 atom stereocenters. The normalized spacial score (nSPS) is 16.0. The quantitative estimate of drug-likeness (QED) is 0.687. The van der Waals surface area contributed by atoms with E-state index < -0.39 is 41.1 Å². The first-order valence-corrected chi connectivity index (χ1v) is 6.55. The van der Waals surface area contributed by atoms with E-state index in [0.29, 0.717) is 6.07 Å². The van der Waals surface area contributed by atoms with Gasteiger partial charge in [-0.25, -0.2) is 13.2 Å². The van der Waals surface area contributed by atoms with Gasteiger partial charge in [-0.15, -0.1) is 0 Å². The lowest BCUT2D eigenvalue weighted by molar-refractivity contribution is -0.159. The summed E-state index contributed by atoms with van der Waals surface area (Å²) in [5, 5.41) is 2.06. The molecule has 1 saturated carbocycles. The maximum absolute atomic E-state index is 13.4. The van der Waals surface area contributed by atoms with Gasteiger partial charge in [0.1, 0.15) is 0 Å². The maximum Gasteiger partial charge on any atom is 0.309 e. The fourth-order valence-electron chi connectivity index (χ4n) is 1.82. The SMILES string of the molecule is C[C@H](OC(=O)C1CCC1)C(=O)Nc1ccc(F)c(F)c1F. The van der Waals surface area contributed by atoms with Gasteiger partial charge in [0.15, 0.2) is 23.6 Å². The van der Waals surface area contributed by atoms with E-state index in [1.165, 1.54) is 6.92 Å². The van der Waals surface area contributed by atoms with Gasteiger partial charge >= 0.3 is 5.97 Å². The standard InChI is InChI=1S/C14H14F3NO3/c1-7(21-14(20)8-3-2-4-8)13(19)18-10-6-5-9(15)11(16)12(10)17/h5-8H,2-4H2,1H3,(H,18,19)/t7-/m0/s1. The van der Waals surface area contributed by atoms with Crippen LogP contribution in [0.25, 0.3) is 0 Å². The number of esters is 1. The Morgan fingerprint density at radius 3 is 2.48 bits per heavy atom. The molecule has 0 spiro atoms. The minimum Gasteiger partial charge on any atom is -0.452 e. The maximum atomic E-state index is 13.4. The molecule has 1 aromatic rings. The molecule has 0 aromatic heterocycles. The van der Waals surface area contributed by atoms with E-state index in [9.17, 15) is 22.8 Å². The average molecular weight is 301 g/mol. The number of nitrogens with one attached hydrogen (secondary N) is 1. The molecular weight excluding hydrogens is 287 g/mol. The molecule has 1 fully saturated rings. The first-order chi connectivity index (χ1) is 9.90. The number of benzene rings is 1. The van der Waals surface area contributed by atoms with Crippen LogP contribution < -0.4 is 5.32 Å². The topological polar surface area (TPSA) is 55.4 Å². The summed E-state index contributed by atoms with van der Waals surface area (Å²) in [5.74, 6) is -6.01. The minimum absolute atomic E-state index is 0.194. The van der Waals surface area contributed by atoms with Crippen molar-refractivity contribution < 1.29 is 27.5 Å². The molecule has 4 nitrogen and oxygen atoms in total. The predicted molar refractivity (Wildman–Crippen MR) is 67.8 cm³/mol. The lowest BCUT2D eigenvalue weighted by atomic mass is 9.86. The van der Waals surface area contributed by atoms with Crippen molar-refractivity contribution in [2.45, 2.75) is 32.3 Å². The van der Waals surface area contributed by atoms with Crippen LogP contribution in [0.15, 0.2) is 12.1 Å². The van der Waals surface area contributed by atoms with Crippen molar-refractivity contribution >= 4 is 17.6 Å². The van der Waals surface area contributed by atoms with E-state index in [-0.39, 0.29) is 5.92 Å². The average Bonchev–Trinajstić information content (AvgIpc) is 2.37. The first-order valence-electron chi connectivity index (χ1n) is 6.55. The second-order valence-electron chi connectivity index (χ2n) is 4.92. The molecule has 7 heteroatoms. The van der Waals surface area contributed by atoms with Crippen molar-refractivity contribution in [1.29, 1.82) is 0 Å². The Labute approximate surface area is 119 Å². The largest absolute Gasteiger partial charge is 0.452 e. The summed E-state index contributed by atoms with van der Waals surface area (Å²) in [5.41, 5.74) is -0.509. The third-order valence-electron chi connectivity index (χ3n) is 3.39. The number of carbonyl (C=O) groups excluding carboxylic acids is 2. The first kappa shape index (κ1) is 15.3. The van der Waals surface area contributed by atoms with Crippen LogP contribution in [0.3, 0.4) is 0 Å². The zero-order chi connectivity index (χ0) is 15.6. The van der Waals surface area contributed by atoms with Crippen molar-refractivity contribution in [3.8, 4) is 0 Å². The summed E-state index contributed by atoms with van der Waals surface area (Å²) >= 11 is 0. The van der Waals surface area contributed by atoms with E-state index in [0.717, 1.165) is 25.3 Å². The van der Waals surface area contributed by atoms with Gasteiger partial charge in [0.25, 0.3) is 5.91 Å². The Morgan fingerprint density at radius 2 is 1.90 bits per heavy atom. The van der Waals surface area contributed by atoms with Gasteiger partial charge in [0, 0.05) is 0 Å². The molecule has 21 heavy (non-hydrogen) atoms. The minimum atomic E-state index is -1.67. The molecule has 0 saturated heterocycles. The molecule has 1 amide bonds. The van der Waals surface area contributed by atoms with Crippen LogP contribution in [-0.4, -0.2) is 18.0 Å². The van der Waals surface area contributed by atoms with Crippen LogP contribution in [0.2, 0.25) is 0 Å². The molecule has 2 rings (SSSR count). The zero-order valence-electron chi connectivity index (χ0n) is 11.3. The Hall–Kier alpha value is -2.05.